The molecule has 1 aromatic carbocycles. The molecule has 7 atom stereocenters. The average Bonchev–Trinajstić information content (AvgIpc) is 3.81. The summed E-state index contributed by atoms with van der Waals surface area (Å²) in [4.78, 5) is 134. The Labute approximate surface area is 414 Å². The van der Waals surface area contributed by atoms with Gasteiger partial charge >= 0.3 is 11.9 Å². The van der Waals surface area contributed by atoms with Gasteiger partial charge in [0.1, 0.15) is 48.0 Å². The molecule has 398 valence electrons. The van der Waals surface area contributed by atoms with Crippen LogP contribution in [0.25, 0.3) is 0 Å². The number of benzene rings is 1. The Hall–Kier alpha value is -6.40. The number of nitrogens with two attached hydrogens (primary N) is 4. The molecule has 0 saturated carbocycles. The Morgan fingerprint density at radius 2 is 1.13 bits per heavy atom. The highest BCUT2D eigenvalue weighted by Crippen LogP contribution is 2.21. The summed E-state index contributed by atoms with van der Waals surface area (Å²) in [6.45, 7) is 4.68. The topological polar surface area (TPSA) is 411 Å². The van der Waals surface area contributed by atoms with Crippen molar-refractivity contribution in [2.75, 3.05) is 26.2 Å². The summed E-state index contributed by atoms with van der Waals surface area (Å²) >= 11 is 0. The number of rotatable bonds is 35. The van der Waals surface area contributed by atoms with E-state index in [1.54, 1.807) is 0 Å². The molecule has 1 aliphatic heterocycles. The van der Waals surface area contributed by atoms with Crippen LogP contribution < -0.4 is 54.8 Å². The predicted octanol–water partition coefficient (Wildman–Crippen LogP) is -1.52. The molecule has 1 aromatic rings. The van der Waals surface area contributed by atoms with Crippen molar-refractivity contribution in [3.8, 4) is 5.75 Å². The fraction of sp³-hybridized carbons (Fsp3) is 0.660. The van der Waals surface area contributed by atoms with E-state index in [1.807, 2.05) is 13.8 Å². The molecule has 17 N–H and O–H groups in total. The maximum Gasteiger partial charge on any atom is 0.305 e. The Kier molecular flexibility index (Phi) is 27.8. The number of nitrogens with one attached hydrogen (secondary N) is 6. The van der Waals surface area contributed by atoms with E-state index < -0.39 is 114 Å². The van der Waals surface area contributed by atoms with Crippen LogP contribution in [0.2, 0.25) is 0 Å². The van der Waals surface area contributed by atoms with Crippen LogP contribution in [0.15, 0.2) is 24.3 Å². The number of carboxylic acid groups (broad SMARTS) is 2. The number of amides is 8. The van der Waals surface area contributed by atoms with Crippen LogP contribution in [-0.4, -0.2) is 148 Å². The summed E-state index contributed by atoms with van der Waals surface area (Å²) in [6.07, 6.45) is 2.47. The van der Waals surface area contributed by atoms with Crippen molar-refractivity contribution in [2.45, 2.75) is 165 Å². The average molecular weight is 1000 g/mol. The third-order valence-corrected chi connectivity index (χ3v) is 11.8. The number of nitrogens with zero attached hydrogens (tertiary/aromatic N) is 1. The van der Waals surface area contributed by atoms with E-state index in [0.717, 1.165) is 4.90 Å². The molecule has 2 rings (SSSR count). The van der Waals surface area contributed by atoms with Crippen LogP contribution in [0.4, 0.5) is 0 Å². The van der Waals surface area contributed by atoms with Gasteiger partial charge in [-0.05, 0) is 120 Å². The molecule has 0 aromatic heterocycles. The first-order valence-electron chi connectivity index (χ1n) is 24.4. The van der Waals surface area contributed by atoms with E-state index in [2.05, 4.69) is 31.9 Å². The molecule has 0 spiro atoms. The highest BCUT2D eigenvalue weighted by Gasteiger charge is 2.41. The molecule has 1 aliphatic rings. The lowest BCUT2D eigenvalue weighted by Gasteiger charge is -2.31. The summed E-state index contributed by atoms with van der Waals surface area (Å²) in [6, 6.07) is -3.81. The van der Waals surface area contributed by atoms with E-state index in [-0.39, 0.29) is 76.1 Å². The van der Waals surface area contributed by atoms with E-state index in [1.165, 1.54) is 24.3 Å². The van der Waals surface area contributed by atoms with Gasteiger partial charge in [0.25, 0.3) is 0 Å². The van der Waals surface area contributed by atoms with Gasteiger partial charge in [-0.25, -0.2) is 0 Å². The first kappa shape index (κ1) is 60.7. The maximum atomic E-state index is 14.3. The zero-order valence-corrected chi connectivity index (χ0v) is 41.0. The van der Waals surface area contributed by atoms with Crippen molar-refractivity contribution in [1.82, 2.24) is 36.8 Å². The van der Waals surface area contributed by atoms with Crippen LogP contribution in [0.1, 0.15) is 122 Å². The number of phenolic OH excluding ortho intramolecular Hbond substituents is 1. The van der Waals surface area contributed by atoms with Gasteiger partial charge in [-0.15, -0.1) is 0 Å². The Bertz CT molecular complexity index is 1940. The van der Waals surface area contributed by atoms with E-state index in [0.29, 0.717) is 63.6 Å². The number of unbranched alkanes of at least 4 members (excludes halogenated alkanes) is 4. The van der Waals surface area contributed by atoms with Gasteiger partial charge in [0.05, 0.1) is 6.42 Å². The molecular formula is C47H77N11O13. The smallest absolute Gasteiger partial charge is 0.305 e. The molecule has 71 heavy (non-hydrogen) atoms. The third kappa shape index (κ3) is 22.9. The minimum Gasteiger partial charge on any atom is -0.508 e. The lowest BCUT2D eigenvalue weighted by atomic mass is 10.0. The highest BCUT2D eigenvalue weighted by molar-refractivity contribution is 5.98. The number of aliphatic carboxylic acids is 2. The summed E-state index contributed by atoms with van der Waals surface area (Å²) in [7, 11) is 0. The molecule has 24 nitrogen and oxygen atoms in total. The quantitative estimate of drug-likeness (QED) is 0.0344. The fourth-order valence-electron chi connectivity index (χ4n) is 7.96. The van der Waals surface area contributed by atoms with Crippen LogP contribution in [0.3, 0.4) is 0 Å². The predicted molar refractivity (Wildman–Crippen MR) is 259 cm³/mol. The number of likely N-dealkylation sites (tertiary alicyclic amines) is 1. The zero-order valence-electron chi connectivity index (χ0n) is 41.0. The van der Waals surface area contributed by atoms with Gasteiger partial charge in [-0.1, -0.05) is 32.4 Å². The van der Waals surface area contributed by atoms with Crippen molar-refractivity contribution in [1.29, 1.82) is 0 Å². The van der Waals surface area contributed by atoms with Gasteiger partial charge in [0.15, 0.2) is 0 Å². The molecule has 0 radical (unpaired) electrons. The number of carboxylic acids is 2. The van der Waals surface area contributed by atoms with Gasteiger partial charge in [0.2, 0.25) is 47.3 Å². The van der Waals surface area contributed by atoms with Crippen molar-refractivity contribution in [3.63, 3.8) is 0 Å². The molecule has 24 heteroatoms. The minimum absolute atomic E-state index is 0.0129. The first-order valence-corrected chi connectivity index (χ1v) is 24.4. The van der Waals surface area contributed by atoms with Crippen molar-refractivity contribution >= 4 is 59.2 Å². The van der Waals surface area contributed by atoms with Crippen LogP contribution in [0, 0.1) is 5.92 Å². The number of phenols is 1. The first-order chi connectivity index (χ1) is 33.7. The highest BCUT2D eigenvalue weighted by atomic mass is 16.4. The largest absolute Gasteiger partial charge is 0.508 e. The van der Waals surface area contributed by atoms with Gasteiger partial charge < -0.3 is 75.1 Å². The monoisotopic (exact) mass is 1000 g/mol. The SMILES string of the molecule is CC(C)C[C@H](NC(=O)[C@@H](CCCCN)NC(=O)[C@@H]1CCCN1C(=O)[C@@H](CC(=O)O)NC(=O)[C@@H](Cc1ccc(O)cc1)NC(=O)[C@H](CCC(=O)O)NC(=O)CCCCCN)C(=O)N[C@@H](CCCCN)C(N)=O. The van der Waals surface area contributed by atoms with Crippen LogP contribution in [0.5, 0.6) is 5.75 Å². The second-order valence-electron chi connectivity index (χ2n) is 18.2. The zero-order chi connectivity index (χ0) is 53.0. The Balaban J connectivity index is 2.40. The number of carbonyl (C=O) groups excluding carboxylic acids is 8. The minimum atomic E-state index is -1.79. The maximum absolute atomic E-state index is 14.3. The number of aromatic hydroxyl groups is 1. The normalized spacial score (nSPS) is 15.8. The Morgan fingerprint density at radius 3 is 1.69 bits per heavy atom. The van der Waals surface area contributed by atoms with E-state index in [9.17, 15) is 63.3 Å². The number of hydrogen-bond donors (Lipinski definition) is 13. The lowest BCUT2D eigenvalue weighted by molar-refractivity contribution is -0.146. The number of primary amides is 1. The molecular weight excluding hydrogens is 927 g/mol. The summed E-state index contributed by atoms with van der Waals surface area (Å²) in [5.74, 6) is -9.36. The number of hydrogen-bond acceptors (Lipinski definition) is 14. The Morgan fingerprint density at radius 1 is 0.606 bits per heavy atom. The van der Waals surface area contributed by atoms with Crippen LogP contribution in [-0.2, 0) is 54.4 Å². The number of carbonyl (C=O) groups is 10. The molecule has 1 heterocycles. The second kappa shape index (κ2) is 32.5. The second-order valence-corrected chi connectivity index (χ2v) is 18.2. The van der Waals surface area contributed by atoms with Gasteiger partial charge in [-0.3, -0.25) is 47.9 Å². The standard InChI is InChI=1S/C47H77N11O13/c1-28(2)25-34(44(68)53-31(41(51)65)11-5-8-22-49)55-42(66)32(12-6-9-23-50)54-46(70)37-13-10-24-58(37)47(71)36(27-40(63)64)57-45(69)35(26-29-15-17-30(59)18-16-29)56-43(67)33(19-20-39(61)62)52-38(60)14-4-3-7-21-48/h15-18,28,31-37,59H,3-14,19-27,48-50H2,1-2H3,(H2,51,65)(H,52,60)(H,53,68)(H,54,70)(H,55,66)(H,56,67)(H,57,69)(H,61,62)(H,63,64)/t31-,32+,33-,34-,35+,36+,37-/m0/s1. The molecule has 0 bridgehead atoms. The molecule has 1 fully saturated rings. The lowest BCUT2D eigenvalue weighted by Crippen LogP contribution is -2.60. The van der Waals surface area contributed by atoms with Crippen LogP contribution >= 0.6 is 0 Å². The molecule has 1 saturated heterocycles. The van der Waals surface area contributed by atoms with E-state index in [4.69, 9.17) is 22.9 Å². The summed E-state index contributed by atoms with van der Waals surface area (Å²) < 4.78 is 0. The molecule has 0 unspecified atom stereocenters. The van der Waals surface area contributed by atoms with Gasteiger partial charge in [-0.2, -0.15) is 0 Å². The van der Waals surface area contributed by atoms with Crippen molar-refractivity contribution in [2.24, 2.45) is 28.9 Å². The third-order valence-electron chi connectivity index (χ3n) is 11.8. The van der Waals surface area contributed by atoms with Crippen molar-refractivity contribution < 1.29 is 63.3 Å². The fourth-order valence-corrected chi connectivity index (χ4v) is 7.96. The van der Waals surface area contributed by atoms with Crippen molar-refractivity contribution in [3.05, 3.63) is 29.8 Å². The molecule has 8 amide bonds. The summed E-state index contributed by atoms with van der Waals surface area (Å²) in [5, 5.41) is 44.7. The van der Waals surface area contributed by atoms with Gasteiger partial charge in [0, 0.05) is 25.8 Å². The van der Waals surface area contributed by atoms with E-state index >= 15 is 0 Å². The summed E-state index contributed by atoms with van der Waals surface area (Å²) in [5.41, 5.74) is 22.8. The molecule has 0 aliphatic carbocycles.